The average molecular weight is 484 g/mol. The molecule has 0 fully saturated rings. The number of thioether (sulfide) groups is 1. The fourth-order valence-electron chi connectivity index (χ4n) is 2.54. The summed E-state index contributed by atoms with van der Waals surface area (Å²) in [6, 6.07) is 16.3. The molecule has 0 bridgehead atoms. The molecular weight excluding hydrogens is 457 g/mol. The van der Waals surface area contributed by atoms with Gasteiger partial charge in [0.05, 0.1) is 5.69 Å². The number of nitrogens with zero attached hydrogens (tertiary/aromatic N) is 1. The molecule has 2 aromatic rings. The predicted octanol–water partition coefficient (Wildman–Crippen LogP) is -3.29. The van der Waals surface area contributed by atoms with Gasteiger partial charge in [0.25, 0.3) is 0 Å². The molecule has 0 saturated heterocycles. The minimum absolute atomic E-state index is 0. The molecule has 0 aliphatic heterocycles. The zero-order chi connectivity index (χ0) is 16.5. The van der Waals surface area contributed by atoms with Gasteiger partial charge in [-0.2, -0.15) is 0 Å². The van der Waals surface area contributed by atoms with Crippen LogP contribution in [0.5, 0.6) is 5.75 Å². The summed E-state index contributed by atoms with van der Waals surface area (Å²) in [4.78, 5) is 3.73. The third-order valence-corrected chi connectivity index (χ3v) is 5.07. The molecule has 2 nitrogen and oxygen atoms in total. The SMILES string of the molecule is CCCCN(Cc1ccccc1O)c1ccccc1SCCC.[Cl-].[Cl-].[Cl-].[Ti+3]. The number of hydrogen-bond donors (Lipinski definition) is 1. The molecule has 0 aliphatic carbocycles. The van der Waals surface area contributed by atoms with Gasteiger partial charge in [0.15, 0.2) is 0 Å². The van der Waals surface area contributed by atoms with Gasteiger partial charge in [0, 0.05) is 23.5 Å². The summed E-state index contributed by atoms with van der Waals surface area (Å²) < 4.78 is 0. The monoisotopic (exact) mass is 482 g/mol. The van der Waals surface area contributed by atoms with Crippen LogP contribution >= 0.6 is 11.8 Å². The minimum Gasteiger partial charge on any atom is -1.00 e. The fraction of sp³-hybridized carbons (Fsp3) is 0.400. The Labute approximate surface area is 202 Å². The maximum absolute atomic E-state index is 10.1. The molecule has 0 spiro atoms. The quantitative estimate of drug-likeness (QED) is 0.299. The first-order valence-corrected chi connectivity index (χ1v) is 9.48. The normalized spacial score (nSPS) is 9.11. The fourth-order valence-corrected chi connectivity index (χ4v) is 3.48. The molecule has 149 valence electrons. The van der Waals surface area contributed by atoms with Gasteiger partial charge in [-0.1, -0.05) is 50.6 Å². The summed E-state index contributed by atoms with van der Waals surface area (Å²) >= 11 is 1.92. The van der Waals surface area contributed by atoms with Gasteiger partial charge in [-0.05, 0) is 36.8 Å². The van der Waals surface area contributed by atoms with E-state index in [1.165, 1.54) is 23.4 Å². The number of anilines is 1. The van der Waals surface area contributed by atoms with E-state index < -0.39 is 0 Å². The second-order valence-corrected chi connectivity index (χ2v) is 6.86. The average Bonchev–Trinajstić information content (AvgIpc) is 2.58. The van der Waals surface area contributed by atoms with Crippen molar-refractivity contribution < 1.29 is 64.0 Å². The molecular formula is C20H27Cl3NOSTi. The molecule has 0 saturated carbocycles. The van der Waals surface area contributed by atoms with Gasteiger partial charge in [-0.25, -0.2) is 0 Å². The number of rotatable bonds is 9. The van der Waals surface area contributed by atoms with E-state index >= 15 is 0 Å². The maximum Gasteiger partial charge on any atom is 3.00 e. The second-order valence-electron chi connectivity index (χ2n) is 5.72. The number of unbranched alkanes of at least 4 members (excludes halogenated alkanes) is 1. The molecule has 0 amide bonds. The van der Waals surface area contributed by atoms with Crippen molar-refractivity contribution in [2.24, 2.45) is 0 Å². The standard InChI is InChI=1S/C20H27NOS.3ClH.Ti/c1-3-5-14-21(16-17-10-6-8-12-19(17)22)18-11-7-9-13-20(18)23-15-4-2;;;;/h6-13,22H,3-5,14-16H2,1-2H3;3*1H;/q;;;;+3/p-3. The third-order valence-electron chi connectivity index (χ3n) is 3.80. The van der Waals surface area contributed by atoms with Crippen molar-refractivity contribution in [2.75, 3.05) is 17.2 Å². The van der Waals surface area contributed by atoms with Crippen molar-refractivity contribution in [3.05, 3.63) is 54.1 Å². The molecule has 1 N–H and O–H groups in total. The van der Waals surface area contributed by atoms with Crippen molar-refractivity contribution in [1.82, 2.24) is 0 Å². The van der Waals surface area contributed by atoms with E-state index in [1.807, 2.05) is 30.0 Å². The Balaban J connectivity index is -0.00000144. The molecule has 1 radical (unpaired) electrons. The van der Waals surface area contributed by atoms with Crippen LogP contribution in [0.3, 0.4) is 0 Å². The van der Waals surface area contributed by atoms with Crippen LogP contribution in [0.1, 0.15) is 38.7 Å². The minimum atomic E-state index is 0. The number of hydrogen-bond acceptors (Lipinski definition) is 3. The van der Waals surface area contributed by atoms with Gasteiger partial charge >= 0.3 is 21.7 Å². The largest absolute Gasteiger partial charge is 3.00 e. The summed E-state index contributed by atoms with van der Waals surface area (Å²) in [6.45, 7) is 6.19. The Hall–Kier alpha value is -0.0257. The van der Waals surface area contributed by atoms with Gasteiger partial charge in [0.1, 0.15) is 5.75 Å². The van der Waals surface area contributed by atoms with Crippen LogP contribution in [0.2, 0.25) is 0 Å². The molecule has 0 heterocycles. The molecule has 2 aromatic carbocycles. The van der Waals surface area contributed by atoms with E-state index in [0.29, 0.717) is 5.75 Å². The van der Waals surface area contributed by atoms with E-state index in [9.17, 15) is 5.11 Å². The van der Waals surface area contributed by atoms with Crippen molar-refractivity contribution in [1.29, 1.82) is 0 Å². The summed E-state index contributed by atoms with van der Waals surface area (Å²) in [5.41, 5.74) is 2.27. The molecule has 27 heavy (non-hydrogen) atoms. The van der Waals surface area contributed by atoms with Gasteiger partial charge in [-0.15, -0.1) is 11.8 Å². The van der Waals surface area contributed by atoms with E-state index in [-0.39, 0.29) is 58.9 Å². The van der Waals surface area contributed by atoms with Crippen LogP contribution < -0.4 is 42.1 Å². The smallest absolute Gasteiger partial charge is 1.00 e. The summed E-state index contributed by atoms with van der Waals surface area (Å²) in [5, 5.41) is 10.1. The Morgan fingerprint density at radius 1 is 0.889 bits per heavy atom. The molecule has 0 atom stereocenters. The van der Waals surface area contributed by atoms with Crippen LogP contribution in [-0.4, -0.2) is 17.4 Å². The van der Waals surface area contributed by atoms with Crippen molar-refractivity contribution in [3.63, 3.8) is 0 Å². The van der Waals surface area contributed by atoms with Crippen molar-refractivity contribution in [2.45, 2.75) is 44.6 Å². The first-order chi connectivity index (χ1) is 11.3. The third kappa shape index (κ3) is 10.4. The summed E-state index contributed by atoms with van der Waals surface area (Å²) in [7, 11) is 0. The number of phenols is 1. The Morgan fingerprint density at radius 3 is 2.15 bits per heavy atom. The van der Waals surface area contributed by atoms with E-state index in [0.717, 1.165) is 30.8 Å². The number of aromatic hydroxyl groups is 1. The predicted molar refractivity (Wildman–Crippen MR) is 102 cm³/mol. The van der Waals surface area contributed by atoms with E-state index in [1.54, 1.807) is 6.07 Å². The first kappa shape index (κ1) is 31.7. The van der Waals surface area contributed by atoms with E-state index in [4.69, 9.17) is 0 Å². The Bertz CT molecular complexity index is 619. The topological polar surface area (TPSA) is 23.5 Å². The Kier molecular flexibility index (Phi) is 21.1. The van der Waals surface area contributed by atoms with Crippen LogP contribution in [0.25, 0.3) is 0 Å². The number of para-hydroxylation sites is 2. The first-order valence-electron chi connectivity index (χ1n) is 8.49. The zero-order valence-electron chi connectivity index (χ0n) is 15.8. The summed E-state index contributed by atoms with van der Waals surface area (Å²) in [5.74, 6) is 1.52. The van der Waals surface area contributed by atoms with Crippen LogP contribution in [0.4, 0.5) is 5.69 Å². The van der Waals surface area contributed by atoms with Crippen molar-refractivity contribution >= 4 is 17.4 Å². The maximum atomic E-state index is 10.1. The van der Waals surface area contributed by atoms with E-state index in [2.05, 4.69) is 43.0 Å². The number of halogens is 3. The molecule has 0 unspecified atom stereocenters. The van der Waals surface area contributed by atoms with Gasteiger partial charge in [-0.3, -0.25) is 0 Å². The van der Waals surface area contributed by atoms with Crippen LogP contribution in [0.15, 0.2) is 53.4 Å². The Morgan fingerprint density at radius 2 is 1.52 bits per heavy atom. The van der Waals surface area contributed by atoms with Gasteiger partial charge < -0.3 is 47.2 Å². The zero-order valence-corrected chi connectivity index (χ0v) is 20.4. The second kappa shape index (κ2) is 18.0. The summed E-state index contributed by atoms with van der Waals surface area (Å²) in [6.07, 6.45) is 3.50. The number of benzene rings is 2. The molecule has 7 heteroatoms. The van der Waals surface area contributed by atoms with Crippen LogP contribution in [0, 0.1) is 0 Å². The molecule has 0 aromatic heterocycles. The molecule has 2 rings (SSSR count). The van der Waals surface area contributed by atoms with Crippen LogP contribution in [-0.2, 0) is 28.3 Å². The van der Waals surface area contributed by atoms with Gasteiger partial charge in [0.2, 0.25) is 0 Å². The number of phenolic OH excluding ortho intramolecular Hbond substituents is 1. The molecule has 0 aliphatic rings. The van der Waals surface area contributed by atoms with Crippen molar-refractivity contribution in [3.8, 4) is 5.75 Å².